The number of nitrogens with one attached hydrogen (secondary N) is 4. The molecule has 8 N–H and O–H groups in total. The van der Waals surface area contributed by atoms with E-state index in [4.69, 9.17) is 11.5 Å². The lowest BCUT2D eigenvalue weighted by Crippen LogP contribution is -2.55. The number of amides is 9. The Morgan fingerprint density at radius 1 is 0.573 bits per heavy atom. The Balaban J connectivity index is 1.37. The van der Waals surface area contributed by atoms with Crippen molar-refractivity contribution in [1.29, 1.82) is 0 Å². The summed E-state index contributed by atoms with van der Waals surface area (Å²) in [5, 5.41) is 12.6. The van der Waals surface area contributed by atoms with Crippen molar-refractivity contribution in [3.05, 3.63) is 107 Å². The van der Waals surface area contributed by atoms with Crippen LogP contribution >= 0.6 is 11.8 Å². The SMILES string of the molecule is CC(C)C[C@H]1CN(CC(N)=O)C(=O)CCSCc2ccc(cc2)C(=O)N[C@@H](CC(C)C)CN(C(=O)CC2CC2)CC(=O)N[C@@H](CCCCN)CN(C(=O)CCc2ccccc2)CC(=O)N[C@@H](Cc2ccccc2)CN(C(=O)CCC2CCCCC2)CC(=O)N1. The zero-order valence-corrected chi connectivity index (χ0v) is 54.3. The van der Waals surface area contributed by atoms with Gasteiger partial charge < -0.3 is 52.3 Å². The maximum absolute atomic E-state index is 14.9. The number of nitrogens with two attached hydrogens (primary N) is 2. The highest BCUT2D eigenvalue weighted by atomic mass is 32.2. The Hall–Kier alpha value is -6.80. The second kappa shape index (κ2) is 38.0. The third-order valence-electron chi connectivity index (χ3n) is 16.9. The minimum absolute atomic E-state index is 0.00710. The minimum atomic E-state index is -0.734. The molecule has 488 valence electrons. The number of benzene rings is 3. The van der Waals surface area contributed by atoms with E-state index in [1.54, 1.807) is 17.0 Å². The molecule has 2 saturated carbocycles. The van der Waals surface area contributed by atoms with Crippen LogP contribution in [0.5, 0.6) is 0 Å². The third kappa shape index (κ3) is 27.5. The summed E-state index contributed by atoms with van der Waals surface area (Å²) >= 11 is 1.52. The lowest BCUT2D eigenvalue weighted by atomic mass is 9.86. The molecule has 0 radical (unpaired) electrons. The molecule has 9 amide bonds. The quantitative estimate of drug-likeness (QED) is 0.0499. The van der Waals surface area contributed by atoms with Crippen LogP contribution in [-0.2, 0) is 57.0 Å². The van der Waals surface area contributed by atoms with Crippen molar-refractivity contribution in [3.8, 4) is 0 Å². The van der Waals surface area contributed by atoms with Gasteiger partial charge in [-0.15, -0.1) is 0 Å². The highest BCUT2D eigenvalue weighted by Gasteiger charge is 2.33. The van der Waals surface area contributed by atoms with Gasteiger partial charge in [0.25, 0.3) is 5.91 Å². The number of hydrogen-bond acceptors (Lipinski definition) is 11. The van der Waals surface area contributed by atoms with Gasteiger partial charge >= 0.3 is 0 Å². The van der Waals surface area contributed by atoms with E-state index in [0.717, 1.165) is 61.6 Å². The Bertz CT molecular complexity index is 2730. The highest BCUT2D eigenvalue weighted by molar-refractivity contribution is 7.98. The van der Waals surface area contributed by atoms with Gasteiger partial charge in [0.1, 0.15) is 0 Å². The molecule has 0 saturated heterocycles. The molecule has 2 aliphatic carbocycles. The van der Waals surface area contributed by atoms with Gasteiger partial charge in [0.2, 0.25) is 47.3 Å². The van der Waals surface area contributed by atoms with E-state index < -0.39 is 47.8 Å². The standard InChI is InChI=1S/C69H102N10O9S/c1-49(2)36-58-41-76(44-61(71)80)67(86)33-35-89-48-55-25-29-56(30-26-55)69(88)75-59(37-50(3)4)42-79(68(87)39-54-23-24-54)47-62(81)72-57(22-14-15-34-70)40-77(65(84)31-27-51-16-8-5-9-17-51)45-64(83)74-60(38-53-20-12-7-13-21-53)43-78(46-63(82)73-58)66(85)32-28-52-18-10-6-11-19-52/h5,7-9,12-13,16-17,20-21,25-26,29-30,49-50,52,54,57-60H,6,10-11,14-15,18-19,22-24,27-28,31-48,70H2,1-4H3,(H2,71,80)(H,72,81)(H,73,82)(H,74,83)(H,75,88)/t57-,58-,59-,60-/m0/s1. The van der Waals surface area contributed by atoms with E-state index >= 15 is 0 Å². The van der Waals surface area contributed by atoms with Crippen molar-refractivity contribution >= 4 is 64.9 Å². The van der Waals surface area contributed by atoms with Crippen molar-refractivity contribution < 1.29 is 43.2 Å². The van der Waals surface area contributed by atoms with E-state index in [1.165, 1.54) is 26.5 Å². The molecular formula is C69H102N10O9S. The summed E-state index contributed by atoms with van der Waals surface area (Å²) in [7, 11) is 0. The molecule has 7 rings (SSSR count). The Morgan fingerprint density at radius 3 is 1.70 bits per heavy atom. The van der Waals surface area contributed by atoms with Gasteiger partial charge in [-0.3, -0.25) is 43.2 Å². The Labute approximate surface area is 533 Å². The number of aryl methyl sites for hydroxylation is 1. The molecule has 4 atom stereocenters. The van der Waals surface area contributed by atoms with E-state index in [1.807, 2.05) is 100 Å². The minimum Gasteiger partial charge on any atom is -0.368 e. The van der Waals surface area contributed by atoms with E-state index in [0.29, 0.717) is 74.5 Å². The summed E-state index contributed by atoms with van der Waals surface area (Å²) in [5.41, 5.74) is 14.9. The van der Waals surface area contributed by atoms with Gasteiger partial charge in [-0.25, -0.2) is 0 Å². The first-order valence-corrected chi connectivity index (χ1v) is 34.0. The number of carbonyl (C=O) groups is 9. The van der Waals surface area contributed by atoms with Gasteiger partial charge in [-0.05, 0) is 117 Å². The second-order valence-corrected chi connectivity index (χ2v) is 27.0. The summed E-state index contributed by atoms with van der Waals surface area (Å²) in [6, 6.07) is 23.8. The lowest BCUT2D eigenvalue weighted by molar-refractivity contribution is -0.139. The molecule has 4 aliphatic rings. The number of nitrogens with zero attached hydrogens (tertiary/aromatic N) is 4. The Morgan fingerprint density at radius 2 is 1.11 bits per heavy atom. The molecule has 2 aliphatic heterocycles. The van der Waals surface area contributed by atoms with Crippen molar-refractivity contribution in [2.45, 2.75) is 180 Å². The molecule has 2 heterocycles. The maximum Gasteiger partial charge on any atom is 0.251 e. The average Bonchev–Trinajstić information content (AvgIpc) is 4.53. The Kier molecular flexibility index (Phi) is 30.5. The van der Waals surface area contributed by atoms with Crippen molar-refractivity contribution in [2.24, 2.45) is 35.1 Å². The van der Waals surface area contributed by atoms with Gasteiger partial charge in [-0.1, -0.05) is 139 Å². The van der Waals surface area contributed by atoms with E-state index in [2.05, 4.69) is 21.3 Å². The topological polar surface area (TPSA) is 267 Å². The van der Waals surface area contributed by atoms with Gasteiger partial charge in [0.15, 0.2) is 0 Å². The first-order chi connectivity index (χ1) is 42.8. The van der Waals surface area contributed by atoms with Crippen LogP contribution in [0.25, 0.3) is 0 Å². The molecular weight excluding hydrogens is 1140 g/mol. The smallest absolute Gasteiger partial charge is 0.251 e. The highest BCUT2D eigenvalue weighted by Crippen LogP contribution is 2.33. The van der Waals surface area contributed by atoms with Crippen molar-refractivity contribution in [1.82, 2.24) is 40.9 Å². The number of rotatable bonds is 20. The first kappa shape index (κ1) is 71.3. The van der Waals surface area contributed by atoms with Crippen LogP contribution < -0.4 is 32.7 Å². The molecule has 3 aromatic rings. The molecule has 19 nitrogen and oxygen atoms in total. The first-order valence-electron chi connectivity index (χ1n) is 32.8. The van der Waals surface area contributed by atoms with Gasteiger partial charge in [0.05, 0.1) is 32.2 Å². The fraction of sp³-hybridized carbons (Fsp3) is 0.609. The summed E-state index contributed by atoms with van der Waals surface area (Å²) in [5.74, 6) is -1.73. The monoisotopic (exact) mass is 1250 g/mol. The second-order valence-electron chi connectivity index (χ2n) is 25.9. The van der Waals surface area contributed by atoms with Crippen molar-refractivity contribution in [2.75, 3.05) is 64.7 Å². The summed E-state index contributed by atoms with van der Waals surface area (Å²) in [6.45, 7) is 7.11. The average molecular weight is 1250 g/mol. The number of thioether (sulfide) groups is 1. The molecule has 0 spiro atoms. The van der Waals surface area contributed by atoms with Crippen LogP contribution in [0.1, 0.15) is 164 Å². The fourth-order valence-electron chi connectivity index (χ4n) is 12.2. The van der Waals surface area contributed by atoms with Gasteiger partial charge in [0, 0.05) is 87.1 Å². The summed E-state index contributed by atoms with van der Waals surface area (Å²) in [4.78, 5) is 134. The van der Waals surface area contributed by atoms with Crippen LogP contribution in [0.15, 0.2) is 84.9 Å². The van der Waals surface area contributed by atoms with Crippen LogP contribution in [0.3, 0.4) is 0 Å². The molecule has 20 heteroatoms. The largest absolute Gasteiger partial charge is 0.368 e. The van der Waals surface area contributed by atoms with Crippen molar-refractivity contribution in [3.63, 3.8) is 0 Å². The number of primary amides is 1. The van der Waals surface area contributed by atoms with Crippen LogP contribution in [0, 0.1) is 23.7 Å². The van der Waals surface area contributed by atoms with Crippen LogP contribution in [0.2, 0.25) is 0 Å². The summed E-state index contributed by atoms with van der Waals surface area (Å²) < 4.78 is 0. The molecule has 2 fully saturated rings. The molecule has 89 heavy (non-hydrogen) atoms. The third-order valence-corrected chi connectivity index (χ3v) is 17.9. The van der Waals surface area contributed by atoms with E-state index in [-0.39, 0.29) is 132 Å². The number of fused-ring (bicyclic) bond motifs is 29. The molecule has 0 unspecified atom stereocenters. The predicted molar refractivity (Wildman–Crippen MR) is 350 cm³/mol. The molecule has 3 aromatic carbocycles. The maximum atomic E-state index is 14.9. The number of unbranched alkanes of at least 4 members (excludes halogenated alkanes) is 1. The van der Waals surface area contributed by atoms with E-state index in [9.17, 15) is 43.2 Å². The number of hydrogen-bond donors (Lipinski definition) is 6. The molecule has 2 bridgehead atoms. The normalized spacial score (nSPS) is 20.9. The lowest BCUT2D eigenvalue weighted by Gasteiger charge is -2.32. The van der Waals surface area contributed by atoms with Crippen LogP contribution in [-0.4, -0.2) is 162 Å². The zero-order valence-electron chi connectivity index (χ0n) is 53.4. The fourth-order valence-corrected chi connectivity index (χ4v) is 13.0. The van der Waals surface area contributed by atoms with Crippen LogP contribution in [0.4, 0.5) is 0 Å². The van der Waals surface area contributed by atoms with Gasteiger partial charge in [-0.2, -0.15) is 11.8 Å². The zero-order chi connectivity index (χ0) is 64.1. The summed E-state index contributed by atoms with van der Waals surface area (Å²) in [6.07, 6.45) is 11.9. The molecule has 0 aromatic heterocycles. The number of carbonyl (C=O) groups excluding carboxylic acids is 9. The predicted octanol–water partition coefficient (Wildman–Crippen LogP) is 6.93.